The van der Waals surface area contributed by atoms with Crippen LogP contribution in [0.5, 0.6) is 0 Å². The predicted molar refractivity (Wildman–Crippen MR) is 94.1 cm³/mol. The second-order valence-electron chi connectivity index (χ2n) is 6.14. The predicted octanol–water partition coefficient (Wildman–Crippen LogP) is 2.39. The van der Waals surface area contributed by atoms with Crippen molar-refractivity contribution < 1.29 is 19.1 Å². The largest absolute Gasteiger partial charge is 0.457 e. The molecule has 0 radical (unpaired) electrons. The highest BCUT2D eigenvalue weighted by atomic mass is 16.5. The van der Waals surface area contributed by atoms with Gasteiger partial charge in [-0.2, -0.15) is 5.26 Å². The van der Waals surface area contributed by atoms with Crippen LogP contribution in [0.25, 0.3) is 5.52 Å². The van der Waals surface area contributed by atoms with Crippen LogP contribution < -0.4 is 0 Å². The van der Waals surface area contributed by atoms with Gasteiger partial charge in [0, 0.05) is 25.0 Å². The van der Waals surface area contributed by atoms with Gasteiger partial charge in [0.15, 0.2) is 0 Å². The molecule has 0 N–H and O–H groups in total. The fourth-order valence-corrected chi connectivity index (χ4v) is 3.13. The van der Waals surface area contributed by atoms with E-state index in [1.54, 1.807) is 16.8 Å². The summed E-state index contributed by atoms with van der Waals surface area (Å²) in [6, 6.07) is 11.9. The van der Waals surface area contributed by atoms with E-state index < -0.39 is 17.8 Å². The highest BCUT2D eigenvalue weighted by molar-refractivity contribution is 6.21. The van der Waals surface area contributed by atoms with Crippen LogP contribution in [-0.4, -0.2) is 34.1 Å². The summed E-state index contributed by atoms with van der Waals surface area (Å²) in [7, 11) is 1.39. The first-order chi connectivity index (χ1) is 13.0. The first-order valence-corrected chi connectivity index (χ1v) is 8.13. The average Bonchev–Trinajstić information content (AvgIpc) is 3.16. The van der Waals surface area contributed by atoms with E-state index in [0.717, 1.165) is 10.4 Å². The normalized spacial score (nSPS) is 13.0. The molecule has 1 aliphatic heterocycles. The molecule has 2 amide bonds. The number of carbonyl (C=O) groups is 3. The molecule has 0 saturated carbocycles. The Hall–Kier alpha value is -3.92. The van der Waals surface area contributed by atoms with Crippen molar-refractivity contribution in [3.05, 3.63) is 76.6 Å². The Morgan fingerprint density at radius 1 is 1.15 bits per heavy atom. The number of carbonyl (C=O) groups excluding carboxylic acids is 3. The van der Waals surface area contributed by atoms with E-state index in [-0.39, 0.29) is 23.3 Å². The van der Waals surface area contributed by atoms with Crippen LogP contribution in [0.1, 0.15) is 42.2 Å². The van der Waals surface area contributed by atoms with E-state index >= 15 is 0 Å². The molecule has 0 atom stereocenters. The van der Waals surface area contributed by atoms with Gasteiger partial charge in [0.1, 0.15) is 12.7 Å². The molecule has 0 unspecified atom stereocenters. The van der Waals surface area contributed by atoms with E-state index in [0.29, 0.717) is 11.1 Å². The smallest absolute Gasteiger partial charge is 0.338 e. The minimum absolute atomic E-state index is 0.0761. The van der Waals surface area contributed by atoms with E-state index in [9.17, 15) is 19.6 Å². The molecule has 0 fully saturated rings. The van der Waals surface area contributed by atoms with Crippen molar-refractivity contribution in [3.63, 3.8) is 0 Å². The number of aromatic nitrogens is 1. The maximum atomic E-state index is 12.4. The van der Waals surface area contributed by atoms with Crippen LogP contribution in [0, 0.1) is 11.3 Å². The second-order valence-corrected chi connectivity index (χ2v) is 6.14. The third-order valence-electron chi connectivity index (χ3n) is 4.56. The first kappa shape index (κ1) is 16.5. The summed E-state index contributed by atoms with van der Waals surface area (Å²) in [5.74, 6) is -1.48. The summed E-state index contributed by atoms with van der Waals surface area (Å²) < 4.78 is 7.11. The van der Waals surface area contributed by atoms with Crippen molar-refractivity contribution in [2.45, 2.75) is 6.61 Å². The summed E-state index contributed by atoms with van der Waals surface area (Å²) in [5, 5.41) is 9.39. The molecule has 132 valence electrons. The number of imide groups is 1. The molecule has 1 aromatic carbocycles. The zero-order chi connectivity index (χ0) is 19.1. The SMILES string of the molecule is CN1C(=O)c2ccc(C(=O)OCc3cn4ccccc4c3C#N)cc2C1=O. The molecule has 0 saturated heterocycles. The lowest BCUT2D eigenvalue weighted by Crippen LogP contribution is -2.24. The van der Waals surface area contributed by atoms with Crippen LogP contribution in [0.2, 0.25) is 0 Å². The lowest BCUT2D eigenvalue weighted by molar-refractivity contribution is 0.0472. The number of pyridine rings is 1. The molecule has 1 aliphatic rings. The number of nitrogens with zero attached hydrogens (tertiary/aromatic N) is 3. The van der Waals surface area contributed by atoms with Gasteiger partial charge in [-0.25, -0.2) is 4.79 Å². The van der Waals surface area contributed by atoms with E-state index in [1.165, 1.54) is 25.2 Å². The van der Waals surface area contributed by atoms with Gasteiger partial charge in [0.2, 0.25) is 0 Å². The zero-order valence-corrected chi connectivity index (χ0v) is 14.3. The molecule has 0 bridgehead atoms. The molecular formula is C20H13N3O4. The number of esters is 1. The minimum atomic E-state index is -0.633. The number of hydrogen-bond acceptors (Lipinski definition) is 5. The fourth-order valence-electron chi connectivity index (χ4n) is 3.13. The van der Waals surface area contributed by atoms with Crippen LogP contribution in [0.3, 0.4) is 0 Å². The van der Waals surface area contributed by atoms with E-state index in [2.05, 4.69) is 6.07 Å². The Bertz CT molecular complexity index is 1170. The molecule has 4 rings (SSSR count). The van der Waals surface area contributed by atoms with Gasteiger partial charge < -0.3 is 9.14 Å². The first-order valence-electron chi connectivity index (χ1n) is 8.13. The Kier molecular flexibility index (Phi) is 3.74. The lowest BCUT2D eigenvalue weighted by atomic mass is 10.1. The molecule has 0 aliphatic carbocycles. The Morgan fingerprint density at radius 2 is 1.93 bits per heavy atom. The van der Waals surface area contributed by atoms with Crippen molar-refractivity contribution >= 4 is 23.3 Å². The number of hydrogen-bond donors (Lipinski definition) is 0. The number of amides is 2. The molecule has 7 heteroatoms. The highest BCUT2D eigenvalue weighted by Gasteiger charge is 2.33. The topological polar surface area (TPSA) is 91.9 Å². The van der Waals surface area contributed by atoms with E-state index in [1.807, 2.05) is 18.2 Å². The summed E-state index contributed by atoms with van der Waals surface area (Å²) >= 11 is 0. The van der Waals surface area contributed by atoms with Crippen molar-refractivity contribution in [2.24, 2.45) is 0 Å². The Labute approximate surface area is 154 Å². The molecule has 2 aromatic heterocycles. The Morgan fingerprint density at radius 3 is 2.70 bits per heavy atom. The summed E-state index contributed by atoms with van der Waals surface area (Å²) in [6.45, 7) is -0.0761. The summed E-state index contributed by atoms with van der Waals surface area (Å²) in [4.78, 5) is 37.4. The van der Waals surface area contributed by atoms with Gasteiger partial charge >= 0.3 is 5.97 Å². The van der Waals surface area contributed by atoms with Crippen LogP contribution >= 0.6 is 0 Å². The minimum Gasteiger partial charge on any atom is -0.457 e. The molecule has 3 aromatic rings. The van der Waals surface area contributed by atoms with Crippen molar-refractivity contribution in [1.29, 1.82) is 5.26 Å². The van der Waals surface area contributed by atoms with Crippen LogP contribution in [0.4, 0.5) is 0 Å². The maximum Gasteiger partial charge on any atom is 0.338 e. The van der Waals surface area contributed by atoms with Crippen molar-refractivity contribution in [1.82, 2.24) is 9.30 Å². The van der Waals surface area contributed by atoms with Gasteiger partial charge in [-0.1, -0.05) is 6.07 Å². The zero-order valence-electron chi connectivity index (χ0n) is 14.3. The quantitative estimate of drug-likeness (QED) is 0.529. The van der Waals surface area contributed by atoms with Crippen LogP contribution in [0.15, 0.2) is 48.8 Å². The van der Waals surface area contributed by atoms with Crippen LogP contribution in [-0.2, 0) is 11.3 Å². The third-order valence-corrected chi connectivity index (χ3v) is 4.56. The third kappa shape index (κ3) is 2.55. The summed E-state index contributed by atoms with van der Waals surface area (Å²) in [5.41, 5.74) is 2.39. The lowest BCUT2D eigenvalue weighted by Gasteiger charge is -2.05. The van der Waals surface area contributed by atoms with Crippen molar-refractivity contribution in [3.8, 4) is 6.07 Å². The molecule has 3 heterocycles. The van der Waals surface area contributed by atoms with Gasteiger partial charge in [-0.15, -0.1) is 0 Å². The maximum absolute atomic E-state index is 12.4. The number of ether oxygens (including phenoxy) is 1. The number of rotatable bonds is 3. The average molecular weight is 359 g/mol. The molecule has 0 spiro atoms. The van der Waals surface area contributed by atoms with Crippen molar-refractivity contribution in [2.75, 3.05) is 7.05 Å². The number of fused-ring (bicyclic) bond motifs is 2. The fraction of sp³-hybridized carbons (Fsp3) is 0.100. The molecular weight excluding hydrogens is 346 g/mol. The Balaban J connectivity index is 1.57. The highest BCUT2D eigenvalue weighted by Crippen LogP contribution is 2.24. The standard InChI is InChI=1S/C20H13N3O4/c1-22-18(24)14-6-5-12(8-15(14)19(22)25)20(26)27-11-13-10-23-7-3-2-4-17(23)16(13)9-21/h2-8,10H,11H2,1H3. The molecule has 27 heavy (non-hydrogen) atoms. The van der Waals surface area contributed by atoms with E-state index in [4.69, 9.17) is 4.74 Å². The van der Waals surface area contributed by atoms with Gasteiger partial charge in [-0.3, -0.25) is 14.5 Å². The number of benzene rings is 1. The number of nitriles is 1. The monoisotopic (exact) mass is 359 g/mol. The van der Waals surface area contributed by atoms with Gasteiger partial charge in [0.05, 0.1) is 27.8 Å². The second kappa shape index (κ2) is 6.11. The molecule has 7 nitrogen and oxygen atoms in total. The van der Waals surface area contributed by atoms with Gasteiger partial charge in [0.25, 0.3) is 11.8 Å². The summed E-state index contributed by atoms with van der Waals surface area (Å²) in [6.07, 6.45) is 3.54. The van der Waals surface area contributed by atoms with Gasteiger partial charge in [-0.05, 0) is 30.3 Å².